The number of aromatic nitrogens is 4. The average molecular weight is 412 g/mol. The minimum Gasteiger partial charge on any atom is -0.378 e. The third kappa shape index (κ3) is 3.54. The molecule has 2 aliphatic heterocycles. The van der Waals surface area contributed by atoms with Gasteiger partial charge in [0.2, 0.25) is 0 Å². The van der Waals surface area contributed by atoms with Crippen molar-refractivity contribution < 1.29 is 9.53 Å². The van der Waals surface area contributed by atoms with Crippen molar-refractivity contribution in [2.45, 2.75) is 44.3 Å². The number of nitrogens with zero attached hydrogens (tertiary/aromatic N) is 5. The van der Waals surface area contributed by atoms with Crippen LogP contribution in [0.3, 0.4) is 0 Å². The normalized spacial score (nSPS) is 22.0. The van der Waals surface area contributed by atoms with Gasteiger partial charge in [-0.2, -0.15) is 0 Å². The van der Waals surface area contributed by atoms with Gasteiger partial charge >= 0.3 is 5.69 Å². The van der Waals surface area contributed by atoms with Crippen molar-refractivity contribution in [1.29, 1.82) is 0 Å². The molecular weight excluding hydrogens is 386 g/mol. The lowest BCUT2D eigenvalue weighted by atomic mass is 10.0. The lowest BCUT2D eigenvalue weighted by molar-refractivity contribution is -0.123. The first-order valence-corrected chi connectivity index (χ1v) is 9.43. The highest BCUT2D eigenvalue weighted by Crippen LogP contribution is 2.33. The molecule has 0 saturated carbocycles. The molecule has 10 heteroatoms. The molecule has 2 atom stereocenters. The second-order valence-electron chi connectivity index (χ2n) is 7.50. The number of piperidine rings is 1. The Hall–Kier alpha value is -1.97. The second-order valence-corrected chi connectivity index (χ2v) is 7.50. The van der Waals surface area contributed by atoms with Gasteiger partial charge < -0.3 is 9.30 Å². The summed E-state index contributed by atoms with van der Waals surface area (Å²) in [5, 5.41) is 0. The van der Waals surface area contributed by atoms with Crippen molar-refractivity contribution in [1.82, 2.24) is 23.6 Å². The predicted molar refractivity (Wildman–Crippen MR) is 106 cm³/mol. The summed E-state index contributed by atoms with van der Waals surface area (Å²) in [6, 6.07) is 0.781. The number of carbonyl (C=O) groups excluding carboxylic acids is 1. The maximum absolute atomic E-state index is 12.4. The number of aryl methyl sites for hydroxylation is 1. The third-order valence-corrected chi connectivity index (χ3v) is 5.89. The SMILES string of the molecule is Cl.Cn1c(=O)c2c(ncn2CCOCCN2C3CCC2CC(=O)C3)n(C)c1=O. The Labute approximate surface area is 168 Å². The second kappa shape index (κ2) is 8.18. The molecule has 154 valence electrons. The molecule has 9 nitrogen and oxygen atoms in total. The topological polar surface area (TPSA) is 91.4 Å². The lowest BCUT2D eigenvalue weighted by Gasteiger charge is -2.33. The van der Waals surface area contributed by atoms with Gasteiger partial charge in [-0.15, -0.1) is 12.4 Å². The van der Waals surface area contributed by atoms with Gasteiger partial charge in [-0.05, 0) is 12.8 Å². The summed E-state index contributed by atoms with van der Waals surface area (Å²) >= 11 is 0. The molecule has 0 spiro atoms. The largest absolute Gasteiger partial charge is 0.378 e. The predicted octanol–water partition coefficient (Wildman–Crippen LogP) is 0.0680. The van der Waals surface area contributed by atoms with Gasteiger partial charge in [-0.25, -0.2) is 9.78 Å². The van der Waals surface area contributed by atoms with Crippen molar-refractivity contribution >= 4 is 29.4 Å². The van der Waals surface area contributed by atoms with Crippen LogP contribution in [0.5, 0.6) is 0 Å². The Morgan fingerprint density at radius 1 is 1.04 bits per heavy atom. The molecule has 4 rings (SSSR count). The highest BCUT2D eigenvalue weighted by molar-refractivity contribution is 5.85. The molecular formula is C18H26ClN5O4. The van der Waals surface area contributed by atoms with E-state index in [-0.39, 0.29) is 23.7 Å². The van der Waals surface area contributed by atoms with Gasteiger partial charge in [-0.1, -0.05) is 0 Å². The number of rotatable bonds is 6. The number of Topliss-reactive ketones (excluding diaryl/α,β-unsaturated/α-hetero) is 1. The van der Waals surface area contributed by atoms with Crippen LogP contribution >= 0.6 is 12.4 Å². The van der Waals surface area contributed by atoms with Crippen LogP contribution in [0.1, 0.15) is 25.7 Å². The lowest BCUT2D eigenvalue weighted by Crippen LogP contribution is -2.44. The molecule has 2 bridgehead atoms. The molecule has 2 unspecified atom stereocenters. The monoisotopic (exact) mass is 411 g/mol. The van der Waals surface area contributed by atoms with E-state index in [2.05, 4.69) is 9.88 Å². The highest BCUT2D eigenvalue weighted by Gasteiger charge is 2.39. The zero-order valence-electron chi connectivity index (χ0n) is 16.2. The van der Waals surface area contributed by atoms with E-state index < -0.39 is 0 Å². The van der Waals surface area contributed by atoms with Crippen molar-refractivity contribution in [3.05, 3.63) is 27.2 Å². The summed E-state index contributed by atoms with van der Waals surface area (Å²) < 4.78 is 9.99. The van der Waals surface area contributed by atoms with Crippen LogP contribution in [0.25, 0.3) is 11.2 Å². The fourth-order valence-corrected chi connectivity index (χ4v) is 4.43. The van der Waals surface area contributed by atoms with Crippen LogP contribution in [0, 0.1) is 0 Å². The van der Waals surface area contributed by atoms with Gasteiger partial charge in [0.05, 0.1) is 19.5 Å². The molecule has 2 aliphatic rings. The molecule has 2 aromatic rings. The first-order chi connectivity index (χ1) is 13.0. The Bertz CT molecular complexity index is 978. The van der Waals surface area contributed by atoms with Crippen LogP contribution < -0.4 is 11.2 Å². The van der Waals surface area contributed by atoms with Crippen LogP contribution in [-0.4, -0.2) is 61.2 Å². The maximum atomic E-state index is 12.4. The van der Waals surface area contributed by atoms with E-state index in [9.17, 15) is 14.4 Å². The fraction of sp³-hybridized carbons (Fsp3) is 0.667. The number of imidazole rings is 1. The number of ether oxygens (including phenoxy) is 1. The first-order valence-electron chi connectivity index (χ1n) is 9.43. The number of fused-ring (bicyclic) bond motifs is 3. The molecule has 2 fully saturated rings. The van der Waals surface area contributed by atoms with Crippen LogP contribution in [-0.2, 0) is 30.2 Å². The van der Waals surface area contributed by atoms with E-state index in [0.717, 1.165) is 24.0 Å². The molecule has 0 N–H and O–H groups in total. The maximum Gasteiger partial charge on any atom is 0.332 e. The zero-order chi connectivity index (χ0) is 19.1. The molecule has 2 aromatic heterocycles. The highest BCUT2D eigenvalue weighted by atomic mass is 35.5. The van der Waals surface area contributed by atoms with Crippen molar-refractivity contribution in [3.8, 4) is 0 Å². The van der Waals surface area contributed by atoms with Crippen molar-refractivity contribution in [2.75, 3.05) is 19.8 Å². The summed E-state index contributed by atoms with van der Waals surface area (Å²) in [7, 11) is 3.07. The van der Waals surface area contributed by atoms with E-state index in [4.69, 9.17) is 4.74 Å². The standard InChI is InChI=1S/C18H25N5O4.ClH/c1-20-16-15(17(25)21(2)18(20)26)22(11-19-16)5-7-27-8-6-23-12-3-4-13(23)10-14(24)9-12;/h11-13H,3-10H2,1-2H3;1H. The quantitative estimate of drug-likeness (QED) is 0.624. The molecule has 0 radical (unpaired) electrons. The first kappa shape index (κ1) is 20.8. The molecule has 28 heavy (non-hydrogen) atoms. The van der Waals surface area contributed by atoms with E-state index >= 15 is 0 Å². The van der Waals surface area contributed by atoms with Crippen LogP contribution in [0.15, 0.2) is 15.9 Å². The van der Waals surface area contributed by atoms with E-state index in [0.29, 0.717) is 61.6 Å². The molecule has 0 amide bonds. The smallest absolute Gasteiger partial charge is 0.332 e. The average Bonchev–Trinajstić information content (AvgIpc) is 3.17. The number of ketones is 1. The van der Waals surface area contributed by atoms with E-state index in [1.807, 2.05) is 0 Å². The molecule has 0 aromatic carbocycles. The van der Waals surface area contributed by atoms with Gasteiger partial charge in [0, 0.05) is 52.1 Å². The Kier molecular flexibility index (Phi) is 6.07. The zero-order valence-corrected chi connectivity index (χ0v) is 17.0. The van der Waals surface area contributed by atoms with Gasteiger partial charge in [0.15, 0.2) is 11.2 Å². The summed E-state index contributed by atoms with van der Waals surface area (Å²) in [5.41, 5.74) is 0.0669. The van der Waals surface area contributed by atoms with E-state index in [1.165, 1.54) is 11.6 Å². The van der Waals surface area contributed by atoms with Gasteiger partial charge in [0.25, 0.3) is 5.56 Å². The van der Waals surface area contributed by atoms with E-state index in [1.54, 1.807) is 17.9 Å². The molecule has 4 heterocycles. The number of hydrogen-bond donors (Lipinski definition) is 0. The summed E-state index contributed by atoms with van der Waals surface area (Å²) in [5.74, 6) is 0.391. The summed E-state index contributed by atoms with van der Waals surface area (Å²) in [4.78, 5) is 42.7. The Balaban J connectivity index is 0.00000225. The number of halogens is 1. The minimum absolute atomic E-state index is 0. The van der Waals surface area contributed by atoms with Gasteiger partial charge in [-0.3, -0.25) is 23.6 Å². The fourth-order valence-electron chi connectivity index (χ4n) is 4.43. The van der Waals surface area contributed by atoms with Crippen LogP contribution in [0.2, 0.25) is 0 Å². The Morgan fingerprint density at radius 2 is 1.68 bits per heavy atom. The number of carbonyl (C=O) groups is 1. The molecule has 2 saturated heterocycles. The third-order valence-electron chi connectivity index (χ3n) is 5.89. The van der Waals surface area contributed by atoms with Crippen molar-refractivity contribution in [2.24, 2.45) is 14.1 Å². The van der Waals surface area contributed by atoms with Crippen LogP contribution in [0.4, 0.5) is 0 Å². The van der Waals surface area contributed by atoms with Crippen molar-refractivity contribution in [3.63, 3.8) is 0 Å². The summed E-state index contributed by atoms with van der Waals surface area (Å²) in [6.07, 6.45) is 5.16. The van der Waals surface area contributed by atoms with Gasteiger partial charge in [0.1, 0.15) is 5.78 Å². The number of hydrogen-bond acceptors (Lipinski definition) is 6. The molecule has 0 aliphatic carbocycles. The Morgan fingerprint density at radius 3 is 2.36 bits per heavy atom. The summed E-state index contributed by atoms with van der Waals surface area (Å²) in [6.45, 7) is 2.39. The minimum atomic E-state index is -0.386.